The standard InChI is InChI=1S/C26H46N2/c1-17(2)26-27(15-24-20(5)11-18(3)12-21(24)6)9-10-28(26)16-25-22(7)13-19(4)14-23(25)8/h11,13,17,20-26H,9-10,12,14-16H2,1-8H3/p+2/t20-,21-,22-,23+,24-,25-,26?/m0/s1. The van der Waals surface area contributed by atoms with Crippen molar-refractivity contribution in [3.63, 3.8) is 0 Å². The van der Waals surface area contributed by atoms with Crippen molar-refractivity contribution in [1.82, 2.24) is 0 Å². The number of rotatable bonds is 5. The van der Waals surface area contributed by atoms with Crippen LogP contribution in [0.4, 0.5) is 0 Å². The highest BCUT2D eigenvalue weighted by atomic mass is 15.4. The number of hydrogen-bond donors (Lipinski definition) is 2. The van der Waals surface area contributed by atoms with Crippen molar-refractivity contribution in [2.75, 3.05) is 26.2 Å². The minimum absolute atomic E-state index is 0.750. The lowest BCUT2D eigenvalue weighted by Crippen LogP contribution is -3.30. The molecule has 2 N–H and O–H groups in total. The van der Waals surface area contributed by atoms with Gasteiger partial charge in [-0.05, 0) is 50.4 Å². The van der Waals surface area contributed by atoms with Crippen LogP contribution in [0.15, 0.2) is 23.3 Å². The molecule has 9 atom stereocenters. The quantitative estimate of drug-likeness (QED) is 0.669. The molecule has 1 heterocycles. The van der Waals surface area contributed by atoms with Gasteiger partial charge in [0.25, 0.3) is 0 Å². The zero-order chi connectivity index (χ0) is 20.6. The van der Waals surface area contributed by atoms with Crippen LogP contribution in [0.25, 0.3) is 0 Å². The molecule has 2 nitrogen and oxygen atoms in total. The van der Waals surface area contributed by atoms with Crippen molar-refractivity contribution in [2.24, 2.45) is 41.4 Å². The highest BCUT2D eigenvalue weighted by molar-refractivity contribution is 5.09. The first kappa shape index (κ1) is 22.1. The van der Waals surface area contributed by atoms with E-state index in [9.17, 15) is 0 Å². The van der Waals surface area contributed by atoms with Crippen molar-refractivity contribution in [1.29, 1.82) is 0 Å². The monoisotopic (exact) mass is 388 g/mol. The van der Waals surface area contributed by atoms with Gasteiger partial charge in [0.05, 0.1) is 19.0 Å². The maximum absolute atomic E-state index is 2.56. The molecule has 0 aromatic heterocycles. The SMILES string of the molecule is CC1=C[C@H](C)[C@H](C[NH+]2CC[NH+](C[C@H]3[C@@H](C)C=C(C)C[C@@H]3C)C2C(C)C)[C@H](C)C1. The minimum Gasteiger partial charge on any atom is -0.281 e. The molecule has 0 radical (unpaired) electrons. The Kier molecular flexibility index (Phi) is 7.14. The summed E-state index contributed by atoms with van der Waals surface area (Å²) in [6.07, 6.45) is 8.55. The first-order valence-electron chi connectivity index (χ1n) is 12.2. The normalized spacial score (nSPS) is 44.5. The highest BCUT2D eigenvalue weighted by Crippen LogP contribution is 2.33. The molecule has 0 saturated carbocycles. The van der Waals surface area contributed by atoms with Crippen LogP contribution in [0.2, 0.25) is 0 Å². The summed E-state index contributed by atoms with van der Waals surface area (Å²) in [5, 5.41) is 0. The Morgan fingerprint density at radius 1 is 0.786 bits per heavy atom. The van der Waals surface area contributed by atoms with E-state index >= 15 is 0 Å². The van der Waals surface area contributed by atoms with Crippen molar-refractivity contribution in [3.8, 4) is 0 Å². The van der Waals surface area contributed by atoms with E-state index in [4.69, 9.17) is 0 Å². The molecular formula is C26H48N2+2. The van der Waals surface area contributed by atoms with Crippen molar-refractivity contribution in [3.05, 3.63) is 23.3 Å². The third kappa shape index (κ3) is 4.75. The number of hydrogen-bond acceptors (Lipinski definition) is 0. The molecule has 0 bridgehead atoms. The summed E-state index contributed by atoms with van der Waals surface area (Å²) < 4.78 is 0. The third-order valence-corrected chi connectivity index (χ3v) is 8.50. The minimum atomic E-state index is 0.750. The summed E-state index contributed by atoms with van der Waals surface area (Å²) in [6, 6.07) is 0. The molecule has 0 aromatic carbocycles. The molecule has 3 aliphatic rings. The summed E-state index contributed by atoms with van der Waals surface area (Å²) in [4.78, 5) is 3.81. The summed E-state index contributed by atoms with van der Waals surface area (Å²) >= 11 is 0. The molecule has 3 rings (SSSR count). The lowest BCUT2D eigenvalue weighted by Gasteiger charge is -2.38. The molecule has 3 unspecified atom stereocenters. The van der Waals surface area contributed by atoms with E-state index in [1.165, 1.54) is 39.0 Å². The van der Waals surface area contributed by atoms with Crippen LogP contribution in [-0.4, -0.2) is 32.3 Å². The average Bonchev–Trinajstić information content (AvgIpc) is 2.96. The summed E-state index contributed by atoms with van der Waals surface area (Å²) in [5.41, 5.74) is 3.23. The van der Waals surface area contributed by atoms with E-state index in [0.717, 1.165) is 47.6 Å². The molecular weight excluding hydrogens is 340 g/mol. The van der Waals surface area contributed by atoms with Gasteiger partial charge >= 0.3 is 0 Å². The maximum Gasteiger partial charge on any atom is 0.216 e. The van der Waals surface area contributed by atoms with Crippen molar-refractivity contribution >= 4 is 0 Å². The molecule has 2 heteroatoms. The molecule has 1 fully saturated rings. The Labute approximate surface area is 175 Å². The fraction of sp³-hybridized carbons (Fsp3) is 0.846. The summed E-state index contributed by atoms with van der Waals surface area (Å²) in [6.45, 7) is 25.1. The van der Waals surface area contributed by atoms with Crippen LogP contribution in [-0.2, 0) is 0 Å². The van der Waals surface area contributed by atoms with E-state index in [1.807, 2.05) is 9.80 Å². The fourth-order valence-electron chi connectivity index (χ4n) is 7.34. The van der Waals surface area contributed by atoms with E-state index in [-0.39, 0.29) is 0 Å². The average molecular weight is 389 g/mol. The summed E-state index contributed by atoms with van der Waals surface area (Å²) in [7, 11) is 0. The van der Waals surface area contributed by atoms with Gasteiger partial charge in [-0.25, -0.2) is 0 Å². The zero-order valence-corrected chi connectivity index (χ0v) is 20.0. The Morgan fingerprint density at radius 3 is 1.50 bits per heavy atom. The Hall–Kier alpha value is -0.600. The van der Waals surface area contributed by atoms with Gasteiger partial charge in [0.2, 0.25) is 6.17 Å². The number of allylic oxidation sites excluding steroid dienone is 4. The Balaban J connectivity index is 1.69. The van der Waals surface area contributed by atoms with Gasteiger partial charge in [0.15, 0.2) is 0 Å². The maximum atomic E-state index is 2.56. The first-order chi connectivity index (χ1) is 13.2. The molecule has 0 aromatic rings. The van der Waals surface area contributed by atoms with Gasteiger partial charge in [-0.1, -0.05) is 64.8 Å². The predicted molar refractivity (Wildman–Crippen MR) is 120 cm³/mol. The van der Waals surface area contributed by atoms with Gasteiger partial charge in [-0.3, -0.25) is 9.80 Å². The predicted octanol–water partition coefficient (Wildman–Crippen LogP) is 3.23. The molecule has 1 aliphatic heterocycles. The third-order valence-electron chi connectivity index (χ3n) is 8.50. The second-order valence-electron chi connectivity index (χ2n) is 11.4. The second kappa shape index (κ2) is 9.04. The first-order valence-corrected chi connectivity index (χ1v) is 12.2. The van der Waals surface area contributed by atoms with E-state index in [1.54, 1.807) is 11.1 Å². The van der Waals surface area contributed by atoms with Gasteiger partial charge < -0.3 is 0 Å². The lowest BCUT2D eigenvalue weighted by atomic mass is 9.74. The Bertz CT molecular complexity index is 541. The number of quaternary nitrogens is 2. The van der Waals surface area contributed by atoms with Crippen molar-refractivity contribution < 1.29 is 9.80 Å². The van der Waals surface area contributed by atoms with Gasteiger partial charge in [-0.2, -0.15) is 0 Å². The van der Waals surface area contributed by atoms with Crippen LogP contribution in [0.5, 0.6) is 0 Å². The molecule has 2 aliphatic carbocycles. The van der Waals surface area contributed by atoms with E-state index < -0.39 is 0 Å². The number of nitrogens with one attached hydrogen (secondary N) is 2. The van der Waals surface area contributed by atoms with Gasteiger partial charge in [0, 0.05) is 11.8 Å². The van der Waals surface area contributed by atoms with Crippen molar-refractivity contribution in [2.45, 2.75) is 74.4 Å². The highest BCUT2D eigenvalue weighted by Gasteiger charge is 2.45. The van der Waals surface area contributed by atoms with Crippen LogP contribution in [0, 0.1) is 41.4 Å². The smallest absolute Gasteiger partial charge is 0.216 e. The summed E-state index contributed by atoms with van der Waals surface area (Å²) in [5.74, 6) is 5.67. The lowest BCUT2D eigenvalue weighted by molar-refractivity contribution is -1.07. The van der Waals surface area contributed by atoms with E-state index in [2.05, 4.69) is 67.5 Å². The second-order valence-corrected chi connectivity index (χ2v) is 11.4. The molecule has 1 saturated heterocycles. The molecule has 28 heavy (non-hydrogen) atoms. The molecule has 0 spiro atoms. The van der Waals surface area contributed by atoms with Gasteiger partial charge in [0.1, 0.15) is 13.1 Å². The molecule has 0 amide bonds. The largest absolute Gasteiger partial charge is 0.281 e. The van der Waals surface area contributed by atoms with Gasteiger partial charge in [-0.15, -0.1) is 0 Å². The van der Waals surface area contributed by atoms with E-state index in [0.29, 0.717) is 0 Å². The topological polar surface area (TPSA) is 8.88 Å². The fourth-order valence-corrected chi connectivity index (χ4v) is 7.34. The van der Waals surface area contributed by atoms with Crippen LogP contribution in [0.1, 0.15) is 68.2 Å². The van der Waals surface area contributed by atoms with Crippen LogP contribution >= 0.6 is 0 Å². The zero-order valence-electron chi connectivity index (χ0n) is 20.0. The van der Waals surface area contributed by atoms with Crippen LogP contribution in [0.3, 0.4) is 0 Å². The molecule has 160 valence electrons. The Morgan fingerprint density at radius 2 is 1.18 bits per heavy atom. The van der Waals surface area contributed by atoms with Crippen LogP contribution < -0.4 is 9.80 Å².